The SMILES string of the molecule is CC(=O)OCS(=O)(=O)c1cccc(-c2cn(-c3cccc(Cl)c3)nc2Cl)c1. The molecule has 3 aromatic rings. The first-order chi connectivity index (χ1) is 12.8. The molecule has 0 atom stereocenters. The topological polar surface area (TPSA) is 78.3 Å². The number of rotatable bonds is 5. The van der Waals surface area contributed by atoms with Gasteiger partial charge in [0.1, 0.15) is 0 Å². The third-order valence-corrected chi connectivity index (χ3v) is 5.58. The summed E-state index contributed by atoms with van der Waals surface area (Å²) >= 11 is 12.3. The number of benzene rings is 2. The van der Waals surface area contributed by atoms with Crippen LogP contribution >= 0.6 is 23.2 Å². The Morgan fingerprint density at radius 1 is 1.15 bits per heavy atom. The van der Waals surface area contributed by atoms with Crippen molar-refractivity contribution in [3.05, 3.63) is 64.9 Å². The van der Waals surface area contributed by atoms with E-state index in [2.05, 4.69) is 9.84 Å². The number of hydrogen-bond donors (Lipinski definition) is 0. The van der Waals surface area contributed by atoms with Gasteiger partial charge in [0.05, 0.1) is 10.6 Å². The molecule has 0 aliphatic rings. The molecule has 0 aliphatic carbocycles. The Morgan fingerprint density at radius 2 is 1.89 bits per heavy atom. The molecule has 9 heteroatoms. The third kappa shape index (κ3) is 4.50. The molecule has 0 spiro atoms. The molecule has 6 nitrogen and oxygen atoms in total. The lowest BCUT2D eigenvalue weighted by Crippen LogP contribution is -2.12. The van der Waals surface area contributed by atoms with Crippen molar-refractivity contribution in [3.8, 4) is 16.8 Å². The number of hydrogen-bond acceptors (Lipinski definition) is 5. The summed E-state index contributed by atoms with van der Waals surface area (Å²) in [5.41, 5.74) is 1.84. The fraction of sp³-hybridized carbons (Fsp3) is 0.111. The van der Waals surface area contributed by atoms with Crippen molar-refractivity contribution in [3.63, 3.8) is 0 Å². The predicted octanol–water partition coefficient (Wildman–Crippen LogP) is 4.14. The summed E-state index contributed by atoms with van der Waals surface area (Å²) in [7, 11) is -3.78. The van der Waals surface area contributed by atoms with E-state index in [9.17, 15) is 13.2 Å². The highest BCUT2D eigenvalue weighted by molar-refractivity contribution is 7.91. The molecular formula is C18H14Cl2N2O4S. The molecule has 0 saturated heterocycles. The van der Waals surface area contributed by atoms with E-state index in [0.29, 0.717) is 21.8 Å². The Labute approximate surface area is 166 Å². The highest BCUT2D eigenvalue weighted by atomic mass is 35.5. The summed E-state index contributed by atoms with van der Waals surface area (Å²) in [5.74, 6) is -1.39. The largest absolute Gasteiger partial charge is 0.449 e. The Morgan fingerprint density at radius 3 is 2.59 bits per heavy atom. The van der Waals surface area contributed by atoms with Gasteiger partial charge in [0.15, 0.2) is 11.1 Å². The van der Waals surface area contributed by atoms with Crippen molar-refractivity contribution >= 4 is 39.0 Å². The first-order valence-corrected chi connectivity index (χ1v) is 10.1. The van der Waals surface area contributed by atoms with Crippen LogP contribution in [0.3, 0.4) is 0 Å². The molecule has 1 heterocycles. The van der Waals surface area contributed by atoms with Gasteiger partial charge in [-0.15, -0.1) is 0 Å². The molecule has 0 N–H and O–H groups in total. The number of halogens is 2. The molecule has 0 aliphatic heterocycles. The molecule has 0 unspecified atom stereocenters. The van der Waals surface area contributed by atoms with E-state index >= 15 is 0 Å². The lowest BCUT2D eigenvalue weighted by molar-refractivity contribution is -0.138. The fourth-order valence-corrected chi connectivity index (χ4v) is 3.86. The van der Waals surface area contributed by atoms with Crippen molar-refractivity contribution in [2.45, 2.75) is 11.8 Å². The average Bonchev–Trinajstić information content (AvgIpc) is 3.02. The van der Waals surface area contributed by atoms with Gasteiger partial charge >= 0.3 is 5.97 Å². The zero-order chi connectivity index (χ0) is 19.6. The van der Waals surface area contributed by atoms with Gasteiger partial charge in [-0.3, -0.25) is 4.79 Å². The first kappa shape index (κ1) is 19.4. The Hall–Kier alpha value is -2.35. The van der Waals surface area contributed by atoms with E-state index in [1.807, 2.05) is 6.07 Å². The van der Waals surface area contributed by atoms with Crippen molar-refractivity contribution in [2.24, 2.45) is 0 Å². The van der Waals surface area contributed by atoms with Crippen LogP contribution in [-0.2, 0) is 19.4 Å². The number of ether oxygens (including phenoxy) is 1. The molecule has 3 rings (SSSR count). The number of sulfone groups is 1. The molecule has 0 amide bonds. The molecular weight excluding hydrogens is 411 g/mol. The van der Waals surface area contributed by atoms with E-state index in [1.54, 1.807) is 41.2 Å². The van der Waals surface area contributed by atoms with Crippen molar-refractivity contribution < 1.29 is 17.9 Å². The zero-order valence-corrected chi connectivity index (χ0v) is 16.4. The minimum absolute atomic E-state index is 0.0211. The summed E-state index contributed by atoms with van der Waals surface area (Å²) < 4.78 is 30.8. The van der Waals surface area contributed by atoms with Gasteiger partial charge in [-0.05, 0) is 35.9 Å². The van der Waals surface area contributed by atoms with Gasteiger partial charge < -0.3 is 4.74 Å². The predicted molar refractivity (Wildman–Crippen MR) is 103 cm³/mol. The number of carbonyl (C=O) groups excluding carboxylic acids is 1. The lowest BCUT2D eigenvalue weighted by atomic mass is 10.1. The first-order valence-electron chi connectivity index (χ1n) is 7.74. The Bertz CT molecular complexity index is 1110. The number of esters is 1. The summed E-state index contributed by atoms with van der Waals surface area (Å²) in [5, 5.41) is 5.02. The van der Waals surface area contributed by atoms with Crippen LogP contribution < -0.4 is 0 Å². The highest BCUT2D eigenvalue weighted by Gasteiger charge is 2.18. The van der Waals surface area contributed by atoms with Crippen molar-refractivity contribution in [1.29, 1.82) is 0 Å². The second-order valence-electron chi connectivity index (χ2n) is 5.65. The zero-order valence-electron chi connectivity index (χ0n) is 14.1. The van der Waals surface area contributed by atoms with E-state index in [0.717, 1.165) is 6.92 Å². The highest BCUT2D eigenvalue weighted by Crippen LogP contribution is 2.30. The van der Waals surface area contributed by atoms with Gasteiger partial charge in [0, 0.05) is 23.7 Å². The normalized spacial score (nSPS) is 11.4. The molecule has 0 radical (unpaired) electrons. The second-order valence-corrected chi connectivity index (χ2v) is 8.39. The van der Waals surface area contributed by atoms with E-state index < -0.39 is 21.7 Å². The van der Waals surface area contributed by atoms with Crippen molar-refractivity contribution in [1.82, 2.24) is 9.78 Å². The fourth-order valence-electron chi connectivity index (χ4n) is 2.38. The maximum absolute atomic E-state index is 12.3. The summed E-state index contributed by atoms with van der Waals surface area (Å²) in [4.78, 5) is 10.9. The van der Waals surface area contributed by atoms with Crippen molar-refractivity contribution in [2.75, 3.05) is 5.94 Å². The minimum Gasteiger partial charge on any atom is -0.449 e. The quantitative estimate of drug-likeness (QED) is 0.575. The van der Waals surface area contributed by atoms with E-state index in [-0.39, 0.29) is 10.0 Å². The lowest BCUT2D eigenvalue weighted by Gasteiger charge is -2.06. The van der Waals surface area contributed by atoms with Crippen LogP contribution in [0.1, 0.15) is 6.92 Å². The second kappa shape index (κ2) is 7.72. The van der Waals surface area contributed by atoms with E-state index in [1.165, 1.54) is 12.1 Å². The van der Waals surface area contributed by atoms with Crippen LogP contribution in [-0.4, -0.2) is 30.1 Å². The van der Waals surface area contributed by atoms with Gasteiger partial charge in [0.2, 0.25) is 9.84 Å². The summed E-state index contributed by atoms with van der Waals surface area (Å²) in [6.07, 6.45) is 1.69. The standard InChI is InChI=1S/C18H14Cl2N2O4S/c1-12(23)26-11-27(24,25)16-7-2-4-13(8-16)17-10-22(21-18(17)20)15-6-3-5-14(19)9-15/h2-10H,11H2,1H3. The smallest absolute Gasteiger partial charge is 0.303 e. The van der Waals surface area contributed by atoms with Crippen LogP contribution in [0.25, 0.3) is 16.8 Å². The van der Waals surface area contributed by atoms with Gasteiger partial charge in [0.25, 0.3) is 0 Å². The molecule has 0 fully saturated rings. The third-order valence-electron chi connectivity index (χ3n) is 3.66. The van der Waals surface area contributed by atoms with Crippen LogP contribution in [0.4, 0.5) is 0 Å². The molecule has 0 bridgehead atoms. The number of aromatic nitrogens is 2. The van der Waals surface area contributed by atoms with Crippen LogP contribution in [0.15, 0.2) is 59.6 Å². The molecule has 2 aromatic carbocycles. The minimum atomic E-state index is -3.78. The summed E-state index contributed by atoms with van der Waals surface area (Å²) in [6.45, 7) is 1.15. The number of nitrogens with zero attached hydrogens (tertiary/aromatic N) is 2. The number of carbonyl (C=O) groups is 1. The Balaban J connectivity index is 1.97. The average molecular weight is 425 g/mol. The molecule has 1 aromatic heterocycles. The van der Waals surface area contributed by atoms with Crippen LogP contribution in [0.2, 0.25) is 10.2 Å². The Kier molecular flexibility index (Phi) is 5.55. The van der Waals surface area contributed by atoms with Gasteiger partial charge in [-0.25, -0.2) is 13.1 Å². The van der Waals surface area contributed by atoms with Crippen LogP contribution in [0, 0.1) is 0 Å². The monoisotopic (exact) mass is 424 g/mol. The van der Waals surface area contributed by atoms with Gasteiger partial charge in [-0.1, -0.05) is 41.4 Å². The molecule has 27 heavy (non-hydrogen) atoms. The van der Waals surface area contributed by atoms with Gasteiger partial charge in [-0.2, -0.15) is 5.10 Å². The molecule has 140 valence electrons. The van der Waals surface area contributed by atoms with Crippen LogP contribution in [0.5, 0.6) is 0 Å². The van der Waals surface area contributed by atoms with E-state index in [4.69, 9.17) is 23.2 Å². The maximum atomic E-state index is 12.3. The maximum Gasteiger partial charge on any atom is 0.303 e. The summed E-state index contributed by atoms with van der Waals surface area (Å²) in [6, 6.07) is 13.3. The molecule has 0 saturated carbocycles.